The summed E-state index contributed by atoms with van der Waals surface area (Å²) in [4.78, 5) is 9.79. The van der Waals surface area contributed by atoms with Crippen LogP contribution in [0.25, 0.3) is 0 Å². The minimum absolute atomic E-state index is 0.564. The zero-order valence-electron chi connectivity index (χ0n) is 14.0. The van der Waals surface area contributed by atoms with Crippen molar-refractivity contribution in [3.05, 3.63) is 23.9 Å². The van der Waals surface area contributed by atoms with Crippen molar-refractivity contribution in [2.45, 2.75) is 58.9 Å². The second-order valence-electron chi connectivity index (χ2n) is 5.99. The SMILES string of the molecule is CCCCN1CCCCC1c1cccnc1N(CC)CC. The molecule has 118 valence electrons. The van der Waals surface area contributed by atoms with Gasteiger partial charge in [-0.25, -0.2) is 4.98 Å². The van der Waals surface area contributed by atoms with Crippen molar-refractivity contribution in [3.8, 4) is 0 Å². The molecule has 3 nitrogen and oxygen atoms in total. The highest BCUT2D eigenvalue weighted by molar-refractivity contribution is 5.48. The fraction of sp³-hybridized carbons (Fsp3) is 0.722. The lowest BCUT2D eigenvalue weighted by Crippen LogP contribution is -2.35. The number of unbranched alkanes of at least 4 members (excludes halogenated alkanes) is 1. The van der Waals surface area contributed by atoms with E-state index in [-0.39, 0.29) is 0 Å². The number of hydrogen-bond donors (Lipinski definition) is 0. The normalized spacial score (nSPS) is 19.7. The number of aromatic nitrogens is 1. The molecule has 1 aromatic heterocycles. The first-order chi connectivity index (χ1) is 10.3. The van der Waals surface area contributed by atoms with E-state index in [2.05, 4.69) is 42.7 Å². The average Bonchev–Trinajstić information content (AvgIpc) is 2.55. The fourth-order valence-electron chi connectivity index (χ4n) is 3.43. The number of pyridine rings is 1. The number of rotatable bonds is 7. The Morgan fingerprint density at radius 1 is 1.24 bits per heavy atom. The quantitative estimate of drug-likeness (QED) is 0.748. The first kappa shape index (κ1) is 16.3. The molecule has 0 N–H and O–H groups in total. The fourth-order valence-corrected chi connectivity index (χ4v) is 3.43. The molecule has 2 heterocycles. The number of nitrogens with zero attached hydrogens (tertiary/aromatic N) is 3. The van der Waals surface area contributed by atoms with Crippen LogP contribution in [0, 0.1) is 0 Å². The summed E-state index contributed by atoms with van der Waals surface area (Å²) < 4.78 is 0. The van der Waals surface area contributed by atoms with Gasteiger partial charge >= 0.3 is 0 Å². The van der Waals surface area contributed by atoms with Gasteiger partial charge in [0, 0.05) is 30.9 Å². The molecule has 1 atom stereocenters. The van der Waals surface area contributed by atoms with E-state index in [0.29, 0.717) is 6.04 Å². The van der Waals surface area contributed by atoms with Crippen LogP contribution in [0.3, 0.4) is 0 Å². The highest BCUT2D eigenvalue weighted by atomic mass is 15.2. The zero-order valence-corrected chi connectivity index (χ0v) is 14.0. The van der Waals surface area contributed by atoms with Gasteiger partial charge in [-0.05, 0) is 52.3 Å². The lowest BCUT2D eigenvalue weighted by molar-refractivity contribution is 0.146. The molecule has 1 fully saturated rings. The first-order valence-corrected chi connectivity index (χ1v) is 8.75. The lowest BCUT2D eigenvalue weighted by Gasteiger charge is -2.37. The third-order valence-electron chi connectivity index (χ3n) is 4.65. The number of likely N-dealkylation sites (tertiary alicyclic amines) is 1. The Bertz CT molecular complexity index is 415. The highest BCUT2D eigenvalue weighted by Crippen LogP contribution is 2.35. The Morgan fingerprint density at radius 2 is 2.05 bits per heavy atom. The number of hydrogen-bond acceptors (Lipinski definition) is 3. The summed E-state index contributed by atoms with van der Waals surface area (Å²) in [6, 6.07) is 4.97. The van der Waals surface area contributed by atoms with Gasteiger partial charge in [0.05, 0.1) is 0 Å². The Balaban J connectivity index is 2.25. The van der Waals surface area contributed by atoms with E-state index >= 15 is 0 Å². The van der Waals surface area contributed by atoms with Crippen LogP contribution in [-0.4, -0.2) is 36.1 Å². The molecule has 0 bridgehead atoms. The van der Waals surface area contributed by atoms with E-state index in [1.165, 1.54) is 56.6 Å². The van der Waals surface area contributed by atoms with Crippen LogP contribution in [-0.2, 0) is 0 Å². The number of piperidine rings is 1. The van der Waals surface area contributed by atoms with Crippen LogP contribution in [0.15, 0.2) is 18.3 Å². The zero-order chi connectivity index (χ0) is 15.1. The molecule has 1 aliphatic heterocycles. The largest absolute Gasteiger partial charge is 0.357 e. The van der Waals surface area contributed by atoms with Crippen LogP contribution >= 0.6 is 0 Å². The molecule has 0 aromatic carbocycles. The van der Waals surface area contributed by atoms with Crippen molar-refractivity contribution in [1.82, 2.24) is 9.88 Å². The van der Waals surface area contributed by atoms with Crippen LogP contribution in [0.4, 0.5) is 5.82 Å². The van der Waals surface area contributed by atoms with Crippen LogP contribution < -0.4 is 4.90 Å². The molecule has 0 radical (unpaired) electrons. The van der Waals surface area contributed by atoms with E-state index in [0.717, 1.165) is 13.1 Å². The summed E-state index contributed by atoms with van der Waals surface area (Å²) in [5, 5.41) is 0. The molecular weight excluding hydrogens is 258 g/mol. The lowest BCUT2D eigenvalue weighted by atomic mass is 9.95. The van der Waals surface area contributed by atoms with Crippen molar-refractivity contribution in [2.24, 2.45) is 0 Å². The standard InChI is InChI=1S/C18H31N3/c1-4-7-14-21-15-9-8-12-17(21)16-11-10-13-19-18(16)20(5-2)6-3/h10-11,13,17H,4-9,12,14-15H2,1-3H3. The van der Waals surface area contributed by atoms with E-state index in [9.17, 15) is 0 Å². The van der Waals surface area contributed by atoms with E-state index < -0.39 is 0 Å². The smallest absolute Gasteiger partial charge is 0.133 e. The second-order valence-corrected chi connectivity index (χ2v) is 5.99. The van der Waals surface area contributed by atoms with E-state index in [1.807, 2.05) is 6.20 Å². The Kier molecular flexibility index (Phi) is 6.50. The van der Waals surface area contributed by atoms with Gasteiger partial charge in [0.2, 0.25) is 0 Å². The Hall–Kier alpha value is -1.09. The van der Waals surface area contributed by atoms with Crippen LogP contribution in [0.5, 0.6) is 0 Å². The minimum atomic E-state index is 0.564. The van der Waals surface area contributed by atoms with Gasteiger partial charge in [0.25, 0.3) is 0 Å². The summed E-state index contributed by atoms with van der Waals surface area (Å²) in [6.45, 7) is 11.3. The first-order valence-electron chi connectivity index (χ1n) is 8.75. The average molecular weight is 289 g/mol. The predicted octanol–water partition coefficient (Wildman–Crippen LogP) is 4.25. The van der Waals surface area contributed by atoms with Crippen molar-refractivity contribution in [3.63, 3.8) is 0 Å². The maximum Gasteiger partial charge on any atom is 0.133 e. The van der Waals surface area contributed by atoms with Crippen molar-refractivity contribution >= 4 is 5.82 Å². The third-order valence-corrected chi connectivity index (χ3v) is 4.65. The summed E-state index contributed by atoms with van der Waals surface area (Å²) in [5.41, 5.74) is 1.44. The molecular formula is C18H31N3. The highest BCUT2D eigenvalue weighted by Gasteiger charge is 2.26. The van der Waals surface area contributed by atoms with Crippen molar-refractivity contribution in [1.29, 1.82) is 0 Å². The molecule has 1 aromatic rings. The van der Waals surface area contributed by atoms with E-state index in [4.69, 9.17) is 4.98 Å². The van der Waals surface area contributed by atoms with Crippen LogP contribution in [0.1, 0.15) is 64.5 Å². The minimum Gasteiger partial charge on any atom is -0.357 e. The summed E-state index contributed by atoms with van der Waals surface area (Å²) in [6.07, 6.45) is 8.50. The van der Waals surface area contributed by atoms with Gasteiger partial charge in [-0.15, -0.1) is 0 Å². The molecule has 3 heteroatoms. The van der Waals surface area contributed by atoms with Crippen molar-refractivity contribution < 1.29 is 0 Å². The Morgan fingerprint density at radius 3 is 2.76 bits per heavy atom. The second kappa shape index (κ2) is 8.38. The molecule has 1 unspecified atom stereocenters. The van der Waals surface area contributed by atoms with Gasteiger partial charge < -0.3 is 4.90 Å². The van der Waals surface area contributed by atoms with Crippen LogP contribution in [0.2, 0.25) is 0 Å². The van der Waals surface area contributed by atoms with Gasteiger partial charge in [-0.1, -0.05) is 25.8 Å². The maximum atomic E-state index is 4.71. The molecule has 0 saturated carbocycles. The molecule has 0 spiro atoms. The summed E-state index contributed by atoms with van der Waals surface area (Å²) in [5.74, 6) is 1.20. The third kappa shape index (κ3) is 3.97. The molecule has 0 aliphatic carbocycles. The van der Waals surface area contributed by atoms with Gasteiger partial charge in [0.15, 0.2) is 0 Å². The van der Waals surface area contributed by atoms with Gasteiger partial charge in [-0.2, -0.15) is 0 Å². The molecule has 0 amide bonds. The monoisotopic (exact) mass is 289 g/mol. The Labute approximate surface area is 130 Å². The number of anilines is 1. The topological polar surface area (TPSA) is 19.4 Å². The summed E-state index contributed by atoms with van der Waals surface area (Å²) in [7, 11) is 0. The molecule has 21 heavy (non-hydrogen) atoms. The molecule has 1 aliphatic rings. The predicted molar refractivity (Wildman–Crippen MR) is 90.9 cm³/mol. The van der Waals surface area contributed by atoms with Gasteiger partial charge in [-0.3, -0.25) is 4.90 Å². The summed E-state index contributed by atoms with van der Waals surface area (Å²) >= 11 is 0. The molecule has 1 saturated heterocycles. The van der Waals surface area contributed by atoms with Crippen molar-refractivity contribution in [2.75, 3.05) is 31.1 Å². The molecule has 2 rings (SSSR count). The van der Waals surface area contributed by atoms with Gasteiger partial charge in [0.1, 0.15) is 5.82 Å². The van der Waals surface area contributed by atoms with E-state index in [1.54, 1.807) is 0 Å². The maximum absolute atomic E-state index is 4.71.